The molecule has 1 heterocycles. The molecule has 0 aromatic carbocycles. The van der Waals surface area contributed by atoms with Gasteiger partial charge in [-0.25, -0.2) is 0 Å². The van der Waals surface area contributed by atoms with Crippen molar-refractivity contribution in [1.82, 2.24) is 0 Å². The van der Waals surface area contributed by atoms with Gasteiger partial charge in [-0.3, -0.25) is 0 Å². The molecule has 0 N–H and O–H groups in total. The predicted molar refractivity (Wildman–Crippen MR) is 28.1 cm³/mol. The topological polar surface area (TPSA) is 36.3 Å². The third-order valence-corrected chi connectivity index (χ3v) is 1.60. The summed E-state index contributed by atoms with van der Waals surface area (Å²) < 4.78 is 4.79. The van der Waals surface area contributed by atoms with Crippen molar-refractivity contribution in [3.05, 3.63) is 0 Å². The molecule has 1 aliphatic rings. The molecule has 0 saturated carbocycles. The van der Waals surface area contributed by atoms with E-state index in [9.17, 15) is 0 Å². The van der Waals surface area contributed by atoms with Crippen LogP contribution in [0.2, 0.25) is 0 Å². The fraction of sp³-hybridized carbons (Fsp3) is 0.750. The summed E-state index contributed by atoms with van der Waals surface area (Å²) in [5.41, 5.74) is 0. The zero-order valence-electron chi connectivity index (χ0n) is 3.60. The van der Waals surface area contributed by atoms with Gasteiger partial charge in [0.2, 0.25) is 0 Å². The smallest absolute Gasteiger partial charge is 0.130 e. The second-order valence-electron chi connectivity index (χ2n) is 1.40. The van der Waals surface area contributed by atoms with Crippen LogP contribution in [0, 0.1) is 11.3 Å². The second-order valence-corrected chi connectivity index (χ2v) is 2.39. The number of nitrogens with zero attached hydrogens (tertiary/aromatic N) is 1. The van der Waals surface area contributed by atoms with Crippen LogP contribution in [0.5, 0.6) is 0 Å². The van der Waals surface area contributed by atoms with Gasteiger partial charge in [-0.2, -0.15) is 5.26 Å². The Kier molecular flexibility index (Phi) is 1.31. The van der Waals surface area contributed by atoms with Gasteiger partial charge in [0.05, 0.1) is 12.7 Å². The van der Waals surface area contributed by atoms with Crippen LogP contribution in [0.1, 0.15) is 0 Å². The number of nitriles is 1. The molecule has 0 aliphatic carbocycles. The maximum absolute atomic E-state index is 8.17. The van der Waals surface area contributed by atoms with Crippen molar-refractivity contribution in [2.24, 2.45) is 0 Å². The van der Waals surface area contributed by atoms with E-state index in [4.69, 9.17) is 10.00 Å². The number of hydrogen-bond donors (Lipinski definition) is 0. The van der Waals surface area contributed by atoms with Gasteiger partial charge in [-0.05, 0) is 0 Å². The highest BCUT2D eigenvalue weighted by Crippen LogP contribution is 2.19. The van der Waals surface area contributed by atoms with Crippen LogP contribution in [0.25, 0.3) is 0 Å². The zero-order valence-corrected chi connectivity index (χ0v) is 5.18. The summed E-state index contributed by atoms with van der Waals surface area (Å²) >= 11 is 3.12. The standard InChI is InChI=1S/C4H4BrNO/c5-3(1-6)4-2-7-4/h3-4H,2H2. The molecule has 3 heteroatoms. The Hall–Kier alpha value is -0.0700. The number of ether oxygens (including phenoxy) is 1. The fourth-order valence-corrected chi connectivity index (χ4v) is 0.613. The molecule has 0 spiro atoms. The van der Waals surface area contributed by atoms with Crippen molar-refractivity contribution in [2.45, 2.75) is 10.9 Å². The lowest BCUT2D eigenvalue weighted by atomic mass is 10.4. The summed E-state index contributed by atoms with van der Waals surface area (Å²) in [6, 6.07) is 2.02. The van der Waals surface area contributed by atoms with Gasteiger partial charge in [-0.1, -0.05) is 15.9 Å². The molecule has 2 atom stereocenters. The lowest BCUT2D eigenvalue weighted by Gasteiger charge is -1.85. The van der Waals surface area contributed by atoms with Gasteiger partial charge in [0.1, 0.15) is 10.9 Å². The third-order valence-electron chi connectivity index (χ3n) is 0.809. The van der Waals surface area contributed by atoms with Crippen LogP contribution in [0.15, 0.2) is 0 Å². The van der Waals surface area contributed by atoms with E-state index in [1.165, 1.54) is 0 Å². The zero-order chi connectivity index (χ0) is 5.28. The average molecular weight is 162 g/mol. The minimum absolute atomic E-state index is 0.0903. The molecule has 0 aromatic heterocycles. The fourth-order valence-electron chi connectivity index (χ4n) is 0.308. The number of halogens is 1. The summed E-state index contributed by atoms with van der Waals surface area (Å²) in [4.78, 5) is -0.0903. The number of rotatable bonds is 1. The maximum Gasteiger partial charge on any atom is 0.130 e. The molecule has 0 radical (unpaired) electrons. The quantitative estimate of drug-likeness (QED) is 0.419. The highest BCUT2D eigenvalue weighted by atomic mass is 79.9. The molecule has 1 aliphatic heterocycles. The minimum Gasteiger partial charge on any atom is -0.371 e. The van der Waals surface area contributed by atoms with Gasteiger partial charge in [0.15, 0.2) is 0 Å². The molecule has 1 saturated heterocycles. The molecule has 0 bridgehead atoms. The molecule has 2 nitrogen and oxygen atoms in total. The molecular formula is C4H4BrNO. The van der Waals surface area contributed by atoms with Crippen LogP contribution >= 0.6 is 15.9 Å². The van der Waals surface area contributed by atoms with Crippen molar-refractivity contribution in [3.8, 4) is 6.07 Å². The van der Waals surface area contributed by atoms with E-state index in [2.05, 4.69) is 15.9 Å². The summed E-state index contributed by atoms with van der Waals surface area (Å²) in [5, 5.41) is 8.17. The normalized spacial score (nSPS) is 31.1. The van der Waals surface area contributed by atoms with E-state index in [-0.39, 0.29) is 10.9 Å². The highest BCUT2D eigenvalue weighted by molar-refractivity contribution is 9.09. The van der Waals surface area contributed by atoms with Gasteiger partial charge >= 0.3 is 0 Å². The van der Waals surface area contributed by atoms with E-state index in [1.54, 1.807) is 0 Å². The molecule has 1 rings (SSSR count). The van der Waals surface area contributed by atoms with E-state index in [0.29, 0.717) is 0 Å². The number of epoxide rings is 1. The largest absolute Gasteiger partial charge is 0.371 e. The molecule has 0 aromatic rings. The molecule has 38 valence electrons. The first-order valence-electron chi connectivity index (χ1n) is 2.00. The van der Waals surface area contributed by atoms with Gasteiger partial charge < -0.3 is 4.74 Å². The summed E-state index contributed by atoms with van der Waals surface area (Å²) in [7, 11) is 0. The molecule has 7 heavy (non-hydrogen) atoms. The minimum atomic E-state index is -0.0903. The van der Waals surface area contributed by atoms with Crippen molar-refractivity contribution in [2.75, 3.05) is 6.61 Å². The average Bonchev–Trinajstić information content (AvgIpc) is 2.44. The van der Waals surface area contributed by atoms with Crippen LogP contribution in [-0.2, 0) is 4.74 Å². The third kappa shape index (κ3) is 1.15. The van der Waals surface area contributed by atoms with Crippen LogP contribution < -0.4 is 0 Å². The van der Waals surface area contributed by atoms with Crippen molar-refractivity contribution in [1.29, 1.82) is 5.26 Å². The Balaban J connectivity index is 2.27. The molecular weight excluding hydrogens is 158 g/mol. The van der Waals surface area contributed by atoms with E-state index in [0.717, 1.165) is 6.61 Å². The Morgan fingerprint density at radius 1 is 2.00 bits per heavy atom. The van der Waals surface area contributed by atoms with Crippen LogP contribution in [-0.4, -0.2) is 17.5 Å². The Morgan fingerprint density at radius 2 is 2.57 bits per heavy atom. The summed E-state index contributed by atoms with van der Waals surface area (Å²) in [6.45, 7) is 0.740. The van der Waals surface area contributed by atoms with Crippen molar-refractivity contribution in [3.63, 3.8) is 0 Å². The first kappa shape index (κ1) is 5.07. The molecule has 0 amide bonds. The first-order chi connectivity index (χ1) is 3.34. The second kappa shape index (κ2) is 1.81. The SMILES string of the molecule is N#CC(Br)C1CO1. The number of alkyl halides is 1. The highest BCUT2D eigenvalue weighted by Gasteiger charge is 2.30. The van der Waals surface area contributed by atoms with E-state index in [1.807, 2.05) is 6.07 Å². The van der Waals surface area contributed by atoms with Gasteiger partial charge in [0, 0.05) is 0 Å². The van der Waals surface area contributed by atoms with Crippen LogP contribution in [0.4, 0.5) is 0 Å². The first-order valence-corrected chi connectivity index (χ1v) is 2.91. The van der Waals surface area contributed by atoms with E-state index >= 15 is 0 Å². The van der Waals surface area contributed by atoms with Gasteiger partial charge in [-0.15, -0.1) is 0 Å². The van der Waals surface area contributed by atoms with E-state index < -0.39 is 0 Å². The van der Waals surface area contributed by atoms with Crippen molar-refractivity contribution < 1.29 is 4.74 Å². The maximum atomic E-state index is 8.17. The van der Waals surface area contributed by atoms with Gasteiger partial charge in [0.25, 0.3) is 0 Å². The monoisotopic (exact) mass is 161 g/mol. The number of hydrogen-bond acceptors (Lipinski definition) is 2. The molecule has 1 fully saturated rings. The lowest BCUT2D eigenvalue weighted by Crippen LogP contribution is -2.00. The lowest BCUT2D eigenvalue weighted by molar-refractivity contribution is 0.416. The predicted octanol–water partition coefficient (Wildman–Crippen LogP) is 0.672. The Labute approximate surface area is 50.2 Å². The van der Waals surface area contributed by atoms with Crippen molar-refractivity contribution >= 4 is 15.9 Å². The Bertz CT molecular complexity index is 105. The van der Waals surface area contributed by atoms with Crippen LogP contribution in [0.3, 0.4) is 0 Å². The Morgan fingerprint density at radius 3 is 2.71 bits per heavy atom. The summed E-state index contributed by atoms with van der Waals surface area (Å²) in [6.07, 6.45) is 0.171. The summed E-state index contributed by atoms with van der Waals surface area (Å²) in [5.74, 6) is 0. The molecule has 2 unspecified atom stereocenters.